The molecular formula is C15H25N5O. The third-order valence-electron chi connectivity index (χ3n) is 3.58. The Hall–Kier alpha value is -1.69. The van der Waals surface area contributed by atoms with E-state index in [0.717, 1.165) is 25.5 Å². The Morgan fingerprint density at radius 1 is 1.29 bits per heavy atom. The molecule has 2 heterocycles. The van der Waals surface area contributed by atoms with Crippen molar-refractivity contribution in [3.8, 4) is 0 Å². The van der Waals surface area contributed by atoms with E-state index in [1.807, 2.05) is 32.0 Å². The Morgan fingerprint density at radius 3 is 2.67 bits per heavy atom. The first kappa shape index (κ1) is 15.7. The Morgan fingerprint density at radius 2 is 2.00 bits per heavy atom. The molecule has 0 bridgehead atoms. The number of aromatic nitrogens is 2. The number of aryl methyl sites for hydroxylation is 1. The van der Waals surface area contributed by atoms with E-state index >= 15 is 0 Å². The highest BCUT2D eigenvalue weighted by atomic mass is 16.1. The lowest BCUT2D eigenvalue weighted by molar-refractivity contribution is 0.0945. The lowest BCUT2D eigenvalue weighted by atomic mass is 10.1. The van der Waals surface area contributed by atoms with E-state index in [0.29, 0.717) is 18.1 Å². The summed E-state index contributed by atoms with van der Waals surface area (Å²) in [6.45, 7) is 5.29. The van der Waals surface area contributed by atoms with Crippen LogP contribution in [0.15, 0.2) is 6.07 Å². The maximum absolute atomic E-state index is 12.2. The van der Waals surface area contributed by atoms with Crippen LogP contribution in [0.5, 0.6) is 0 Å². The SMILES string of the molecule is Cc1nc(C(=O)NCCN(C)C)cc(N2CCCCC2)n1. The molecule has 0 aromatic carbocycles. The molecule has 0 atom stereocenters. The minimum atomic E-state index is -0.124. The van der Waals surface area contributed by atoms with Gasteiger partial charge in [0.15, 0.2) is 0 Å². The van der Waals surface area contributed by atoms with Gasteiger partial charge in [0.2, 0.25) is 0 Å². The van der Waals surface area contributed by atoms with E-state index in [1.54, 1.807) is 0 Å². The van der Waals surface area contributed by atoms with Crippen molar-refractivity contribution in [2.24, 2.45) is 0 Å². The molecule has 1 fully saturated rings. The highest BCUT2D eigenvalue weighted by Crippen LogP contribution is 2.18. The van der Waals surface area contributed by atoms with Crippen LogP contribution < -0.4 is 10.2 Å². The monoisotopic (exact) mass is 291 g/mol. The van der Waals surface area contributed by atoms with E-state index in [2.05, 4.69) is 20.2 Å². The molecule has 116 valence electrons. The molecule has 6 heteroatoms. The predicted octanol–water partition coefficient (Wildman–Crippen LogP) is 1.07. The first-order valence-electron chi connectivity index (χ1n) is 7.60. The maximum Gasteiger partial charge on any atom is 0.270 e. The molecule has 1 aromatic heterocycles. The number of amides is 1. The molecule has 1 aliphatic heterocycles. The van der Waals surface area contributed by atoms with Crippen molar-refractivity contribution in [3.05, 3.63) is 17.6 Å². The third-order valence-corrected chi connectivity index (χ3v) is 3.58. The van der Waals surface area contributed by atoms with Crippen molar-refractivity contribution < 1.29 is 4.79 Å². The summed E-state index contributed by atoms with van der Waals surface area (Å²) in [5, 5.41) is 2.90. The second kappa shape index (κ2) is 7.36. The molecule has 0 spiro atoms. The normalized spacial score (nSPS) is 15.3. The first-order chi connectivity index (χ1) is 10.1. The van der Waals surface area contributed by atoms with E-state index in [9.17, 15) is 4.79 Å². The predicted molar refractivity (Wildman–Crippen MR) is 83.7 cm³/mol. The van der Waals surface area contributed by atoms with Gasteiger partial charge in [-0.1, -0.05) is 0 Å². The number of anilines is 1. The average molecular weight is 291 g/mol. The van der Waals surface area contributed by atoms with Gasteiger partial charge in [-0.2, -0.15) is 0 Å². The number of carbonyl (C=O) groups excluding carboxylic acids is 1. The molecule has 0 unspecified atom stereocenters. The van der Waals surface area contributed by atoms with Crippen LogP contribution >= 0.6 is 0 Å². The first-order valence-corrected chi connectivity index (χ1v) is 7.60. The topological polar surface area (TPSA) is 61.4 Å². The van der Waals surface area contributed by atoms with Gasteiger partial charge in [0, 0.05) is 32.2 Å². The van der Waals surface area contributed by atoms with Crippen molar-refractivity contribution in [2.75, 3.05) is 45.2 Å². The number of rotatable bonds is 5. The number of nitrogens with one attached hydrogen (secondary N) is 1. The summed E-state index contributed by atoms with van der Waals surface area (Å²) in [5.41, 5.74) is 0.460. The lowest BCUT2D eigenvalue weighted by Gasteiger charge is -2.28. The second-order valence-electron chi connectivity index (χ2n) is 5.77. The Labute approximate surface area is 126 Å². The lowest BCUT2D eigenvalue weighted by Crippen LogP contribution is -2.33. The van der Waals surface area contributed by atoms with Crippen LogP contribution in [0, 0.1) is 6.92 Å². The van der Waals surface area contributed by atoms with Crippen molar-refractivity contribution in [1.29, 1.82) is 0 Å². The molecule has 1 aliphatic rings. The zero-order valence-electron chi connectivity index (χ0n) is 13.2. The Balaban J connectivity index is 2.05. The second-order valence-corrected chi connectivity index (χ2v) is 5.77. The number of nitrogens with zero attached hydrogens (tertiary/aromatic N) is 4. The molecule has 1 amide bonds. The summed E-state index contributed by atoms with van der Waals surface area (Å²) in [5.74, 6) is 1.40. The fourth-order valence-corrected chi connectivity index (χ4v) is 2.44. The van der Waals surface area contributed by atoms with Gasteiger partial charge >= 0.3 is 0 Å². The molecule has 0 aliphatic carbocycles. The minimum absolute atomic E-state index is 0.124. The summed E-state index contributed by atoms with van der Waals surface area (Å²) < 4.78 is 0. The summed E-state index contributed by atoms with van der Waals surface area (Å²) in [6.07, 6.45) is 3.65. The van der Waals surface area contributed by atoms with Gasteiger partial charge in [-0.25, -0.2) is 9.97 Å². The quantitative estimate of drug-likeness (QED) is 0.879. The van der Waals surface area contributed by atoms with Crippen LogP contribution in [0.4, 0.5) is 5.82 Å². The smallest absolute Gasteiger partial charge is 0.270 e. The van der Waals surface area contributed by atoms with Crippen molar-refractivity contribution in [3.63, 3.8) is 0 Å². The fraction of sp³-hybridized carbons (Fsp3) is 0.667. The summed E-state index contributed by atoms with van der Waals surface area (Å²) in [7, 11) is 3.96. The molecule has 1 aromatic rings. The number of hydrogen-bond acceptors (Lipinski definition) is 5. The largest absolute Gasteiger partial charge is 0.356 e. The van der Waals surface area contributed by atoms with E-state index < -0.39 is 0 Å². The van der Waals surface area contributed by atoms with Crippen LogP contribution in [0.1, 0.15) is 35.6 Å². The van der Waals surface area contributed by atoms with Crippen molar-refractivity contribution in [1.82, 2.24) is 20.2 Å². The van der Waals surface area contributed by atoms with Gasteiger partial charge in [-0.15, -0.1) is 0 Å². The van der Waals surface area contributed by atoms with Crippen LogP contribution in [-0.4, -0.2) is 61.0 Å². The molecule has 0 saturated carbocycles. The number of carbonyl (C=O) groups is 1. The average Bonchev–Trinajstić information content (AvgIpc) is 2.47. The zero-order valence-corrected chi connectivity index (χ0v) is 13.2. The summed E-state index contributed by atoms with van der Waals surface area (Å²) in [6, 6.07) is 1.81. The molecule has 6 nitrogen and oxygen atoms in total. The zero-order chi connectivity index (χ0) is 15.2. The number of piperidine rings is 1. The molecule has 0 radical (unpaired) electrons. The minimum Gasteiger partial charge on any atom is -0.356 e. The standard InChI is InChI=1S/C15H25N5O/c1-12-17-13(15(21)16-7-10-19(2)3)11-14(18-12)20-8-5-4-6-9-20/h11H,4-10H2,1-3H3,(H,16,21). The van der Waals surface area contributed by atoms with Crippen LogP contribution in [0.3, 0.4) is 0 Å². The van der Waals surface area contributed by atoms with E-state index in [1.165, 1.54) is 19.3 Å². The molecular weight excluding hydrogens is 266 g/mol. The van der Waals surface area contributed by atoms with Gasteiger partial charge in [0.25, 0.3) is 5.91 Å². The summed E-state index contributed by atoms with van der Waals surface area (Å²) in [4.78, 5) is 25.2. The molecule has 2 rings (SSSR count). The fourth-order valence-electron chi connectivity index (χ4n) is 2.44. The van der Waals surface area contributed by atoms with E-state index in [-0.39, 0.29) is 5.91 Å². The van der Waals surface area contributed by atoms with Gasteiger partial charge in [0.05, 0.1) is 0 Å². The Bertz CT molecular complexity index is 483. The van der Waals surface area contributed by atoms with Crippen LogP contribution in [0.25, 0.3) is 0 Å². The molecule has 1 N–H and O–H groups in total. The van der Waals surface area contributed by atoms with Crippen molar-refractivity contribution in [2.45, 2.75) is 26.2 Å². The maximum atomic E-state index is 12.2. The number of likely N-dealkylation sites (N-methyl/N-ethyl adjacent to an activating group) is 1. The highest BCUT2D eigenvalue weighted by Gasteiger charge is 2.16. The number of hydrogen-bond donors (Lipinski definition) is 1. The van der Waals surface area contributed by atoms with Crippen molar-refractivity contribution >= 4 is 11.7 Å². The molecule has 1 saturated heterocycles. The third kappa shape index (κ3) is 4.67. The van der Waals surface area contributed by atoms with Crippen LogP contribution in [-0.2, 0) is 0 Å². The Kier molecular flexibility index (Phi) is 5.50. The van der Waals surface area contributed by atoms with Gasteiger partial charge in [0.1, 0.15) is 17.3 Å². The van der Waals surface area contributed by atoms with Gasteiger partial charge in [-0.05, 0) is 40.3 Å². The van der Waals surface area contributed by atoms with Gasteiger partial charge < -0.3 is 15.1 Å². The van der Waals surface area contributed by atoms with E-state index in [4.69, 9.17) is 0 Å². The summed E-state index contributed by atoms with van der Waals surface area (Å²) >= 11 is 0. The highest BCUT2D eigenvalue weighted by molar-refractivity contribution is 5.92. The van der Waals surface area contributed by atoms with Crippen LogP contribution in [0.2, 0.25) is 0 Å². The van der Waals surface area contributed by atoms with Gasteiger partial charge in [-0.3, -0.25) is 4.79 Å². The molecule has 21 heavy (non-hydrogen) atoms.